The highest BCUT2D eigenvalue weighted by Gasteiger charge is 2.17. The van der Waals surface area contributed by atoms with Crippen molar-refractivity contribution in [3.63, 3.8) is 0 Å². The number of halogens is 2. The molecule has 184 valence electrons. The molecule has 0 spiro atoms. The number of anilines is 1. The molecule has 0 aliphatic carbocycles. The van der Waals surface area contributed by atoms with Crippen LogP contribution in [-0.2, 0) is 0 Å². The van der Waals surface area contributed by atoms with E-state index in [0.717, 1.165) is 16.8 Å². The first-order valence-corrected chi connectivity index (χ1v) is 12.4. The summed E-state index contributed by atoms with van der Waals surface area (Å²) in [5.41, 5.74) is 5.48. The van der Waals surface area contributed by atoms with E-state index in [4.69, 9.17) is 37.4 Å². The highest BCUT2D eigenvalue weighted by Crippen LogP contribution is 2.33. The smallest absolute Gasteiger partial charge is 0.347 e. The van der Waals surface area contributed by atoms with Crippen LogP contribution in [0.15, 0.2) is 71.1 Å². The van der Waals surface area contributed by atoms with Gasteiger partial charge in [0.25, 0.3) is 0 Å². The Kier molecular flexibility index (Phi) is 8.43. The summed E-state index contributed by atoms with van der Waals surface area (Å²) in [5.74, 6) is 0.594. The number of methoxy groups -OCH3 is 1. The molecule has 0 radical (unpaired) electrons. The fraction of sp³-hybridized carbons (Fsp3) is 0.115. The Bertz CT molecular complexity index is 1410. The van der Waals surface area contributed by atoms with Crippen molar-refractivity contribution in [2.24, 2.45) is 5.10 Å². The number of aromatic nitrogens is 1. The fourth-order valence-electron chi connectivity index (χ4n) is 3.23. The molecule has 0 fully saturated rings. The second-order valence-electron chi connectivity index (χ2n) is 7.26. The first kappa shape index (κ1) is 25.5. The summed E-state index contributed by atoms with van der Waals surface area (Å²) in [7, 11) is 1.50. The number of para-hydroxylation sites is 1. The van der Waals surface area contributed by atoms with Gasteiger partial charge in [-0.15, -0.1) is 11.3 Å². The van der Waals surface area contributed by atoms with Crippen LogP contribution >= 0.6 is 34.5 Å². The standard InChI is InChI=1S/C26H21Cl2N3O4S/c1-3-34-24-12-16(8-11-23(24)35-25(32)19-6-4-5-7-22(19)33-2)14-29-31-26-30-21(15-36-26)18-10-9-17(27)13-20(18)28/h4-15H,3H2,1-2H3,(H,30,31)/b29-14+. The van der Waals surface area contributed by atoms with Gasteiger partial charge in [-0.25, -0.2) is 9.78 Å². The third kappa shape index (κ3) is 6.15. The third-order valence-corrected chi connectivity index (χ3v) is 6.18. The largest absolute Gasteiger partial charge is 0.496 e. The molecule has 0 aliphatic heterocycles. The van der Waals surface area contributed by atoms with Crippen LogP contribution in [0.3, 0.4) is 0 Å². The number of hydrogen-bond acceptors (Lipinski definition) is 8. The zero-order valence-electron chi connectivity index (χ0n) is 19.3. The summed E-state index contributed by atoms with van der Waals surface area (Å²) in [4.78, 5) is 17.2. The quantitative estimate of drug-likeness (QED) is 0.104. The Balaban J connectivity index is 1.46. The molecule has 10 heteroatoms. The molecule has 0 bridgehead atoms. The number of thiazole rings is 1. The Morgan fingerprint density at radius 1 is 1.08 bits per heavy atom. The summed E-state index contributed by atoms with van der Waals surface area (Å²) in [6.07, 6.45) is 1.62. The van der Waals surface area contributed by atoms with E-state index < -0.39 is 5.97 Å². The van der Waals surface area contributed by atoms with Crippen LogP contribution in [0.5, 0.6) is 17.2 Å². The van der Waals surface area contributed by atoms with Crippen molar-refractivity contribution in [3.8, 4) is 28.5 Å². The fourth-order valence-corrected chi connectivity index (χ4v) is 4.40. The van der Waals surface area contributed by atoms with Crippen molar-refractivity contribution >= 4 is 51.9 Å². The average molecular weight is 542 g/mol. The summed E-state index contributed by atoms with van der Waals surface area (Å²) in [6.45, 7) is 2.24. The maximum atomic E-state index is 12.7. The highest BCUT2D eigenvalue weighted by atomic mass is 35.5. The normalized spacial score (nSPS) is 10.9. The van der Waals surface area contributed by atoms with Gasteiger partial charge in [0.1, 0.15) is 11.3 Å². The van der Waals surface area contributed by atoms with Crippen LogP contribution in [0.25, 0.3) is 11.3 Å². The van der Waals surface area contributed by atoms with Crippen molar-refractivity contribution in [2.75, 3.05) is 19.1 Å². The van der Waals surface area contributed by atoms with E-state index in [1.54, 1.807) is 60.8 Å². The lowest BCUT2D eigenvalue weighted by Gasteiger charge is -2.12. The molecular weight excluding hydrogens is 521 g/mol. The van der Waals surface area contributed by atoms with Crippen molar-refractivity contribution in [1.82, 2.24) is 4.98 Å². The molecule has 1 heterocycles. The number of carbonyl (C=O) groups is 1. The number of ether oxygens (including phenoxy) is 3. The molecule has 0 saturated carbocycles. The summed E-state index contributed by atoms with van der Waals surface area (Å²) in [5, 5.41) is 7.82. The zero-order chi connectivity index (χ0) is 25.5. The molecule has 36 heavy (non-hydrogen) atoms. The molecule has 4 aromatic rings. The van der Waals surface area contributed by atoms with Crippen LogP contribution in [0.2, 0.25) is 10.0 Å². The minimum absolute atomic E-state index is 0.294. The second-order valence-corrected chi connectivity index (χ2v) is 8.96. The number of hydrazone groups is 1. The second kappa shape index (κ2) is 11.9. The summed E-state index contributed by atoms with van der Waals surface area (Å²) < 4.78 is 16.5. The lowest BCUT2D eigenvalue weighted by atomic mass is 10.2. The van der Waals surface area contributed by atoms with E-state index in [2.05, 4.69) is 15.5 Å². The maximum absolute atomic E-state index is 12.7. The van der Waals surface area contributed by atoms with Gasteiger partial charge in [-0.1, -0.05) is 35.3 Å². The molecule has 3 aromatic carbocycles. The summed E-state index contributed by atoms with van der Waals surface area (Å²) in [6, 6.07) is 17.3. The molecule has 0 saturated heterocycles. The number of nitrogens with one attached hydrogen (secondary N) is 1. The zero-order valence-corrected chi connectivity index (χ0v) is 21.7. The predicted octanol–water partition coefficient (Wildman–Crippen LogP) is 7.19. The van der Waals surface area contributed by atoms with Gasteiger partial charge in [0.2, 0.25) is 5.13 Å². The van der Waals surface area contributed by atoms with Crippen molar-refractivity contribution in [1.29, 1.82) is 0 Å². The van der Waals surface area contributed by atoms with E-state index in [-0.39, 0.29) is 0 Å². The Morgan fingerprint density at radius 2 is 1.92 bits per heavy atom. The Labute approximate surface area is 222 Å². The first-order chi connectivity index (χ1) is 17.5. The van der Waals surface area contributed by atoms with E-state index in [1.165, 1.54) is 18.4 Å². The van der Waals surface area contributed by atoms with Gasteiger partial charge >= 0.3 is 5.97 Å². The third-order valence-electron chi connectivity index (χ3n) is 4.88. The number of esters is 1. The van der Waals surface area contributed by atoms with E-state index in [0.29, 0.717) is 44.6 Å². The van der Waals surface area contributed by atoms with Gasteiger partial charge in [-0.3, -0.25) is 5.43 Å². The molecule has 0 aliphatic rings. The lowest BCUT2D eigenvalue weighted by molar-refractivity contribution is 0.0725. The molecule has 4 rings (SSSR count). The molecule has 0 amide bonds. The van der Waals surface area contributed by atoms with E-state index in [1.807, 2.05) is 18.4 Å². The molecular formula is C26H21Cl2N3O4S. The molecule has 0 unspecified atom stereocenters. The number of nitrogens with zero attached hydrogens (tertiary/aromatic N) is 2. The van der Waals surface area contributed by atoms with Crippen LogP contribution < -0.4 is 19.6 Å². The monoisotopic (exact) mass is 541 g/mol. The number of hydrogen-bond donors (Lipinski definition) is 1. The average Bonchev–Trinajstić information content (AvgIpc) is 3.34. The number of carbonyl (C=O) groups excluding carboxylic acids is 1. The predicted molar refractivity (Wildman–Crippen MR) is 144 cm³/mol. The van der Waals surface area contributed by atoms with Gasteiger partial charge in [-0.05, 0) is 61.0 Å². The van der Waals surface area contributed by atoms with Crippen LogP contribution in [-0.4, -0.2) is 30.9 Å². The lowest BCUT2D eigenvalue weighted by Crippen LogP contribution is -2.11. The number of rotatable bonds is 9. The minimum Gasteiger partial charge on any atom is -0.496 e. The highest BCUT2D eigenvalue weighted by molar-refractivity contribution is 7.14. The van der Waals surface area contributed by atoms with Crippen molar-refractivity contribution in [3.05, 3.63) is 87.2 Å². The van der Waals surface area contributed by atoms with E-state index >= 15 is 0 Å². The SMILES string of the molecule is CCOc1cc(/C=N/Nc2nc(-c3ccc(Cl)cc3Cl)cs2)ccc1OC(=O)c1ccccc1OC. The van der Waals surface area contributed by atoms with Crippen molar-refractivity contribution in [2.45, 2.75) is 6.92 Å². The minimum atomic E-state index is -0.545. The van der Waals surface area contributed by atoms with Crippen LogP contribution in [0, 0.1) is 0 Å². The number of benzene rings is 3. The molecule has 1 N–H and O–H groups in total. The Morgan fingerprint density at radius 3 is 2.69 bits per heavy atom. The first-order valence-electron chi connectivity index (χ1n) is 10.8. The topological polar surface area (TPSA) is 82.0 Å². The molecule has 7 nitrogen and oxygen atoms in total. The van der Waals surface area contributed by atoms with Gasteiger partial charge in [0, 0.05) is 16.0 Å². The van der Waals surface area contributed by atoms with Crippen LogP contribution in [0.1, 0.15) is 22.8 Å². The van der Waals surface area contributed by atoms with Gasteiger partial charge in [0.15, 0.2) is 11.5 Å². The molecule has 1 aromatic heterocycles. The summed E-state index contributed by atoms with van der Waals surface area (Å²) >= 11 is 13.6. The molecule has 0 atom stereocenters. The maximum Gasteiger partial charge on any atom is 0.347 e. The van der Waals surface area contributed by atoms with Gasteiger partial charge in [0.05, 0.1) is 30.6 Å². The van der Waals surface area contributed by atoms with Crippen molar-refractivity contribution < 1.29 is 19.0 Å². The van der Waals surface area contributed by atoms with Gasteiger partial charge in [-0.2, -0.15) is 5.10 Å². The van der Waals surface area contributed by atoms with Gasteiger partial charge < -0.3 is 14.2 Å². The Hall–Kier alpha value is -3.59. The van der Waals surface area contributed by atoms with E-state index in [9.17, 15) is 4.79 Å². The van der Waals surface area contributed by atoms with Crippen LogP contribution in [0.4, 0.5) is 5.13 Å².